The van der Waals surface area contributed by atoms with Gasteiger partial charge in [0.1, 0.15) is 11.5 Å². The quantitative estimate of drug-likeness (QED) is 0.0881. The number of benzene rings is 4. The number of H-pyrrole nitrogens is 2. The maximum absolute atomic E-state index is 12.4. The van der Waals surface area contributed by atoms with Crippen molar-refractivity contribution in [3.8, 4) is 56.0 Å². The molecular formula is C48H35N5O6. The van der Waals surface area contributed by atoms with Gasteiger partial charge in [0.2, 0.25) is 0 Å². The second kappa shape index (κ2) is 15.1. The number of fused-ring (bicyclic) bond motifs is 8. The van der Waals surface area contributed by atoms with E-state index in [-0.39, 0.29) is 5.69 Å². The Balaban J connectivity index is 1.42. The zero-order chi connectivity index (χ0) is 40.6. The third-order valence-electron chi connectivity index (χ3n) is 10.5. The number of methoxy groups -OCH3 is 3. The van der Waals surface area contributed by atoms with Gasteiger partial charge in [-0.25, -0.2) is 14.8 Å². The van der Waals surface area contributed by atoms with Crippen LogP contribution in [0.25, 0.3) is 90.9 Å². The van der Waals surface area contributed by atoms with E-state index in [0.717, 1.165) is 83.8 Å². The highest BCUT2D eigenvalue weighted by atomic mass is 16.6. The molecule has 0 spiro atoms. The van der Waals surface area contributed by atoms with Crippen molar-refractivity contribution in [3.05, 3.63) is 160 Å². The van der Waals surface area contributed by atoms with Crippen molar-refractivity contribution in [2.75, 3.05) is 21.3 Å². The number of carbonyl (C=O) groups is 1. The zero-order valence-electron chi connectivity index (χ0n) is 32.1. The van der Waals surface area contributed by atoms with Crippen LogP contribution >= 0.6 is 0 Å². The third-order valence-corrected chi connectivity index (χ3v) is 10.5. The van der Waals surface area contributed by atoms with Crippen molar-refractivity contribution in [2.24, 2.45) is 0 Å². The highest BCUT2D eigenvalue weighted by Crippen LogP contribution is 2.39. The molecule has 0 unspecified atom stereocenters. The van der Waals surface area contributed by atoms with Crippen LogP contribution in [0.15, 0.2) is 121 Å². The number of aromatic nitrogens is 4. The Morgan fingerprint density at radius 2 is 0.814 bits per heavy atom. The largest absolute Gasteiger partial charge is 0.497 e. The highest BCUT2D eigenvalue weighted by molar-refractivity contribution is 6.00. The lowest BCUT2D eigenvalue weighted by atomic mass is 10.0. The number of hydrogen-bond donors (Lipinski definition) is 2. The fourth-order valence-corrected chi connectivity index (χ4v) is 7.58. The van der Waals surface area contributed by atoms with Gasteiger partial charge < -0.3 is 24.2 Å². The van der Waals surface area contributed by atoms with Crippen LogP contribution in [-0.2, 0) is 4.74 Å². The Bertz CT molecular complexity index is 2970. The molecule has 0 saturated carbocycles. The fourth-order valence-electron chi connectivity index (χ4n) is 7.58. The fraction of sp³-hybridized carbons (Fsp3) is 0.0625. The van der Waals surface area contributed by atoms with E-state index in [1.54, 1.807) is 38.5 Å². The minimum atomic E-state index is -0.422. The molecule has 0 atom stereocenters. The van der Waals surface area contributed by atoms with Gasteiger partial charge in [-0.05, 0) is 119 Å². The molecule has 0 saturated heterocycles. The summed E-state index contributed by atoms with van der Waals surface area (Å²) in [5.41, 5.74) is 13.1. The van der Waals surface area contributed by atoms with Gasteiger partial charge in [-0.3, -0.25) is 10.1 Å². The maximum Gasteiger partial charge on any atom is 0.337 e. The van der Waals surface area contributed by atoms with Crippen molar-refractivity contribution in [1.82, 2.24) is 19.9 Å². The van der Waals surface area contributed by atoms with Crippen LogP contribution in [0.2, 0.25) is 0 Å². The lowest BCUT2D eigenvalue weighted by molar-refractivity contribution is -0.384. The molecule has 288 valence electrons. The predicted octanol–water partition coefficient (Wildman–Crippen LogP) is 11.0. The molecule has 4 aromatic carbocycles. The summed E-state index contributed by atoms with van der Waals surface area (Å²) in [6.45, 7) is 0. The van der Waals surface area contributed by atoms with Gasteiger partial charge in [-0.2, -0.15) is 0 Å². The van der Waals surface area contributed by atoms with E-state index < -0.39 is 10.9 Å². The number of nitrogens with zero attached hydrogens (tertiary/aromatic N) is 3. The van der Waals surface area contributed by atoms with E-state index in [9.17, 15) is 14.9 Å². The van der Waals surface area contributed by atoms with Crippen LogP contribution in [0, 0.1) is 10.1 Å². The second-order valence-electron chi connectivity index (χ2n) is 13.8. The van der Waals surface area contributed by atoms with E-state index in [1.807, 2.05) is 109 Å². The Kier molecular flexibility index (Phi) is 9.38. The van der Waals surface area contributed by atoms with E-state index >= 15 is 0 Å². The van der Waals surface area contributed by atoms with E-state index in [4.69, 9.17) is 24.2 Å². The van der Waals surface area contributed by atoms with Gasteiger partial charge in [0.25, 0.3) is 5.69 Å². The number of carbonyl (C=O) groups excluding carboxylic acids is 1. The summed E-state index contributed by atoms with van der Waals surface area (Å²) < 4.78 is 16.0. The number of ether oxygens (including phenoxy) is 3. The molecule has 2 aliphatic heterocycles. The topological polar surface area (TPSA) is 145 Å². The first-order valence-corrected chi connectivity index (χ1v) is 18.7. The molecule has 11 nitrogen and oxygen atoms in total. The molecule has 2 aliphatic rings. The number of aromatic amines is 2. The Morgan fingerprint density at radius 1 is 0.492 bits per heavy atom. The van der Waals surface area contributed by atoms with Gasteiger partial charge in [-0.15, -0.1) is 0 Å². The average Bonchev–Trinajstić information content (AvgIpc) is 4.12. The summed E-state index contributed by atoms with van der Waals surface area (Å²) in [4.78, 5) is 41.7. The predicted molar refractivity (Wildman–Crippen MR) is 232 cm³/mol. The molecule has 0 radical (unpaired) electrons. The second-order valence-corrected chi connectivity index (χ2v) is 13.8. The van der Waals surface area contributed by atoms with Crippen LogP contribution in [-0.4, -0.2) is 52.2 Å². The summed E-state index contributed by atoms with van der Waals surface area (Å²) in [5.74, 6) is 1.02. The van der Waals surface area contributed by atoms with E-state index in [0.29, 0.717) is 22.6 Å². The number of hydrogen-bond acceptors (Lipinski definition) is 8. The van der Waals surface area contributed by atoms with Gasteiger partial charge in [0, 0.05) is 56.5 Å². The maximum atomic E-state index is 12.4. The Hall–Kier alpha value is -8.05. The normalized spacial score (nSPS) is 11.7. The van der Waals surface area contributed by atoms with Gasteiger partial charge >= 0.3 is 5.97 Å². The number of esters is 1. The van der Waals surface area contributed by atoms with Gasteiger partial charge in [0.05, 0.1) is 54.6 Å². The van der Waals surface area contributed by atoms with Crippen LogP contribution in [0.1, 0.15) is 33.1 Å². The highest BCUT2D eigenvalue weighted by Gasteiger charge is 2.20. The Labute approximate surface area is 338 Å². The molecule has 9 rings (SSSR count). The standard InChI is InChI=1S/C48H35N5O6/c1-57-34-16-10-30(11-17-34)46-40-24-20-36(49-40)44(28-4-6-32(7-5-28)48(54)59-3)37-21-25-41(50-37)47(31-12-18-35(58-2)19-13-31)43-27-23-39(52-43)45(38-22-26-42(46)51-38)29-8-14-33(15-9-29)53(55)56/h4-27,49,52H,1-3H3. The lowest BCUT2D eigenvalue weighted by Gasteiger charge is -2.08. The number of nitro benzene ring substituents is 1. The minimum Gasteiger partial charge on any atom is -0.497 e. The molecular weight excluding hydrogens is 743 g/mol. The lowest BCUT2D eigenvalue weighted by Crippen LogP contribution is -2.00. The first kappa shape index (κ1) is 36.6. The summed E-state index contributed by atoms with van der Waals surface area (Å²) in [6, 6.07) is 37.5. The number of nitro groups is 1. The average molecular weight is 778 g/mol. The molecule has 0 aliphatic carbocycles. The molecule has 11 heteroatoms. The van der Waals surface area contributed by atoms with Gasteiger partial charge in [0.15, 0.2) is 0 Å². The number of non-ortho nitro benzene ring substituents is 1. The molecule has 8 bridgehead atoms. The summed E-state index contributed by atoms with van der Waals surface area (Å²) >= 11 is 0. The van der Waals surface area contributed by atoms with E-state index in [1.165, 1.54) is 19.2 Å². The first-order chi connectivity index (χ1) is 28.8. The van der Waals surface area contributed by atoms with Crippen molar-refractivity contribution < 1.29 is 23.9 Å². The molecule has 59 heavy (non-hydrogen) atoms. The molecule has 0 amide bonds. The van der Waals surface area contributed by atoms with Crippen molar-refractivity contribution in [2.45, 2.75) is 0 Å². The van der Waals surface area contributed by atoms with Crippen molar-refractivity contribution in [3.63, 3.8) is 0 Å². The molecule has 0 fully saturated rings. The molecule has 5 heterocycles. The zero-order valence-corrected chi connectivity index (χ0v) is 32.1. The van der Waals surface area contributed by atoms with Crippen LogP contribution in [0.4, 0.5) is 5.69 Å². The van der Waals surface area contributed by atoms with Crippen LogP contribution in [0.3, 0.4) is 0 Å². The summed E-state index contributed by atoms with van der Waals surface area (Å²) in [6.07, 6.45) is 7.95. The SMILES string of the molecule is COC(=O)c1ccc(-c2c3nc(c(-c4ccc(OC)cc4)c4ccc([nH]4)c(-c4ccc([N+](=O)[O-])cc4)c4nc(c(-c5ccc(OC)cc5)c5ccc2[nH]5)C=C4)C=C3)cc1. The monoisotopic (exact) mass is 777 g/mol. The van der Waals surface area contributed by atoms with Crippen LogP contribution < -0.4 is 9.47 Å². The first-order valence-electron chi connectivity index (χ1n) is 18.7. The minimum absolute atomic E-state index is 0.00708. The smallest absolute Gasteiger partial charge is 0.337 e. The Morgan fingerprint density at radius 3 is 1.12 bits per heavy atom. The van der Waals surface area contributed by atoms with Crippen molar-refractivity contribution in [1.29, 1.82) is 0 Å². The van der Waals surface area contributed by atoms with Crippen molar-refractivity contribution >= 4 is 58.0 Å². The summed E-state index contributed by atoms with van der Waals surface area (Å²) in [7, 11) is 4.63. The van der Waals surface area contributed by atoms with Gasteiger partial charge in [-0.1, -0.05) is 36.4 Å². The number of nitrogens with one attached hydrogen (secondary N) is 2. The van der Waals surface area contributed by atoms with E-state index in [2.05, 4.69) is 9.97 Å². The molecule has 3 aromatic heterocycles. The molecule has 7 aromatic rings. The van der Waals surface area contributed by atoms with Crippen LogP contribution in [0.5, 0.6) is 11.5 Å². The molecule has 2 N–H and O–H groups in total. The summed E-state index contributed by atoms with van der Waals surface area (Å²) in [5, 5.41) is 11.7. The number of rotatable bonds is 8. The third kappa shape index (κ3) is 6.80.